The first-order valence-electron chi connectivity index (χ1n) is 8.51. The van der Waals surface area contributed by atoms with Gasteiger partial charge in [-0.05, 0) is 38.0 Å². The maximum atomic E-state index is 13.2. The quantitative estimate of drug-likeness (QED) is 0.733. The maximum absolute atomic E-state index is 13.2. The van der Waals surface area contributed by atoms with Gasteiger partial charge >= 0.3 is 0 Å². The first-order valence-corrected chi connectivity index (χ1v) is 8.51. The highest BCUT2D eigenvalue weighted by molar-refractivity contribution is 6.07. The van der Waals surface area contributed by atoms with Gasteiger partial charge in [-0.1, -0.05) is 0 Å². The fraction of sp³-hybridized carbons (Fsp3) is 0.368. The number of piperidine rings is 1. The lowest BCUT2D eigenvalue weighted by molar-refractivity contribution is 0.0679. The van der Waals surface area contributed by atoms with Crippen molar-refractivity contribution in [2.75, 3.05) is 20.2 Å². The van der Waals surface area contributed by atoms with Crippen molar-refractivity contribution in [3.63, 3.8) is 0 Å². The minimum absolute atomic E-state index is 0.0225. The van der Waals surface area contributed by atoms with E-state index >= 15 is 0 Å². The van der Waals surface area contributed by atoms with Crippen LogP contribution >= 0.6 is 0 Å². The van der Waals surface area contributed by atoms with E-state index in [4.69, 9.17) is 9.15 Å². The fourth-order valence-corrected chi connectivity index (χ4v) is 3.62. The van der Waals surface area contributed by atoms with Crippen molar-refractivity contribution < 1.29 is 13.9 Å². The molecule has 1 atom stereocenters. The summed E-state index contributed by atoms with van der Waals surface area (Å²) in [4.78, 5) is 19.3. The number of ether oxygens (including phenoxy) is 1. The molecule has 6 heteroatoms. The largest absolute Gasteiger partial charge is 0.497 e. The number of benzene rings is 1. The van der Waals surface area contributed by atoms with Crippen molar-refractivity contribution in [1.82, 2.24) is 14.5 Å². The van der Waals surface area contributed by atoms with E-state index < -0.39 is 0 Å². The molecule has 3 heterocycles. The Bertz CT molecular complexity index is 898. The van der Waals surface area contributed by atoms with Crippen LogP contribution in [-0.2, 0) is 0 Å². The molecule has 0 aliphatic carbocycles. The topological polar surface area (TPSA) is 60.5 Å². The van der Waals surface area contributed by atoms with Crippen LogP contribution in [0.15, 0.2) is 41.3 Å². The van der Waals surface area contributed by atoms with Crippen LogP contribution in [0.3, 0.4) is 0 Å². The molecule has 1 amide bonds. The number of likely N-dealkylation sites (tertiary alicyclic amines) is 1. The Hall–Kier alpha value is -2.76. The number of furan rings is 1. The van der Waals surface area contributed by atoms with Crippen molar-refractivity contribution in [3.05, 3.63) is 48.2 Å². The van der Waals surface area contributed by atoms with E-state index in [2.05, 4.69) is 9.55 Å². The highest BCUT2D eigenvalue weighted by Crippen LogP contribution is 2.31. The van der Waals surface area contributed by atoms with Crippen molar-refractivity contribution in [1.29, 1.82) is 0 Å². The number of imidazole rings is 1. The fourth-order valence-electron chi connectivity index (χ4n) is 3.62. The Morgan fingerprint density at radius 2 is 2.28 bits per heavy atom. The average Bonchev–Trinajstić information content (AvgIpc) is 3.28. The summed E-state index contributed by atoms with van der Waals surface area (Å²) in [5.74, 6) is 1.39. The van der Waals surface area contributed by atoms with Gasteiger partial charge < -0.3 is 18.6 Å². The molecule has 1 aromatic carbocycles. The molecular formula is C19H21N3O3. The molecule has 1 saturated heterocycles. The number of rotatable bonds is 3. The molecule has 4 rings (SSSR count). The summed E-state index contributed by atoms with van der Waals surface area (Å²) in [6.45, 7) is 3.29. The summed E-state index contributed by atoms with van der Waals surface area (Å²) in [7, 11) is 1.62. The van der Waals surface area contributed by atoms with Gasteiger partial charge in [0.05, 0.1) is 25.0 Å². The van der Waals surface area contributed by atoms with Crippen molar-refractivity contribution in [2.45, 2.75) is 25.8 Å². The van der Waals surface area contributed by atoms with Crippen LogP contribution in [0.25, 0.3) is 11.0 Å². The standard InChI is InChI=1S/C19H21N3O3/c1-13-18(16-10-15(24-2)5-6-17(16)25-13)19(23)21-8-3-4-14(11-21)22-9-7-20-12-22/h5-7,9-10,12,14H,3-4,8,11H2,1-2H3. The molecule has 2 aromatic heterocycles. The normalized spacial score (nSPS) is 17.8. The second-order valence-corrected chi connectivity index (χ2v) is 6.45. The predicted molar refractivity (Wildman–Crippen MR) is 93.9 cm³/mol. The predicted octanol–water partition coefficient (Wildman–Crippen LogP) is 3.42. The van der Waals surface area contributed by atoms with Crippen LogP contribution in [0.4, 0.5) is 0 Å². The van der Waals surface area contributed by atoms with Gasteiger partial charge in [-0.25, -0.2) is 4.98 Å². The molecule has 1 aliphatic heterocycles. The van der Waals surface area contributed by atoms with Gasteiger partial charge in [0.2, 0.25) is 0 Å². The zero-order valence-corrected chi connectivity index (χ0v) is 14.4. The lowest BCUT2D eigenvalue weighted by Gasteiger charge is -2.33. The lowest BCUT2D eigenvalue weighted by Crippen LogP contribution is -2.40. The molecule has 25 heavy (non-hydrogen) atoms. The Balaban J connectivity index is 1.66. The number of aryl methyl sites for hydroxylation is 1. The highest BCUT2D eigenvalue weighted by atomic mass is 16.5. The number of hydrogen-bond acceptors (Lipinski definition) is 4. The van der Waals surface area contributed by atoms with Gasteiger partial charge in [0, 0.05) is 30.9 Å². The Kier molecular flexibility index (Phi) is 3.95. The minimum Gasteiger partial charge on any atom is -0.497 e. The molecule has 1 aliphatic rings. The second kappa shape index (κ2) is 6.27. The zero-order chi connectivity index (χ0) is 17.4. The number of fused-ring (bicyclic) bond motifs is 1. The van der Waals surface area contributed by atoms with Crippen LogP contribution in [0.2, 0.25) is 0 Å². The molecule has 1 fully saturated rings. The summed E-state index contributed by atoms with van der Waals surface area (Å²) in [5.41, 5.74) is 1.35. The molecule has 0 N–H and O–H groups in total. The number of hydrogen-bond donors (Lipinski definition) is 0. The number of aromatic nitrogens is 2. The van der Waals surface area contributed by atoms with Crippen molar-refractivity contribution in [3.8, 4) is 5.75 Å². The van der Waals surface area contributed by atoms with Crippen molar-refractivity contribution in [2.24, 2.45) is 0 Å². The van der Waals surface area contributed by atoms with Gasteiger partial charge in [0.25, 0.3) is 5.91 Å². The average molecular weight is 339 g/mol. The highest BCUT2D eigenvalue weighted by Gasteiger charge is 2.28. The van der Waals surface area contributed by atoms with E-state index in [0.29, 0.717) is 23.5 Å². The lowest BCUT2D eigenvalue weighted by atomic mass is 10.0. The third-order valence-electron chi connectivity index (χ3n) is 4.92. The van der Waals surface area contributed by atoms with Gasteiger partial charge in [-0.2, -0.15) is 0 Å². The Labute approximate surface area is 146 Å². The van der Waals surface area contributed by atoms with E-state index in [1.165, 1.54) is 0 Å². The van der Waals surface area contributed by atoms with Gasteiger partial charge in [0.15, 0.2) is 0 Å². The van der Waals surface area contributed by atoms with Crippen LogP contribution in [0.1, 0.15) is 35.0 Å². The smallest absolute Gasteiger partial charge is 0.258 e. The Morgan fingerprint density at radius 3 is 3.04 bits per heavy atom. The molecule has 0 saturated carbocycles. The van der Waals surface area contributed by atoms with Gasteiger partial charge in [-0.15, -0.1) is 0 Å². The third-order valence-corrected chi connectivity index (χ3v) is 4.92. The van der Waals surface area contributed by atoms with E-state index in [1.807, 2.05) is 42.5 Å². The number of amides is 1. The van der Waals surface area contributed by atoms with E-state index in [0.717, 1.165) is 30.5 Å². The monoisotopic (exact) mass is 339 g/mol. The number of carbonyl (C=O) groups excluding carboxylic acids is 1. The van der Waals surface area contributed by atoms with Crippen LogP contribution in [0.5, 0.6) is 5.75 Å². The first kappa shape index (κ1) is 15.7. The molecule has 6 nitrogen and oxygen atoms in total. The first-order chi connectivity index (χ1) is 12.2. The summed E-state index contributed by atoms with van der Waals surface area (Å²) in [5, 5.41) is 0.812. The number of carbonyl (C=O) groups is 1. The third kappa shape index (κ3) is 2.77. The summed E-state index contributed by atoms with van der Waals surface area (Å²) in [6, 6.07) is 5.84. The summed E-state index contributed by atoms with van der Waals surface area (Å²) in [6.07, 6.45) is 7.59. The van der Waals surface area contributed by atoms with Crippen LogP contribution < -0.4 is 4.74 Å². The minimum atomic E-state index is 0.0225. The van der Waals surface area contributed by atoms with Gasteiger partial charge in [0.1, 0.15) is 17.1 Å². The SMILES string of the molecule is COc1ccc2oc(C)c(C(=O)N3CCCC(n4ccnc4)C3)c2c1. The van der Waals surface area contributed by atoms with Crippen LogP contribution in [0, 0.1) is 6.92 Å². The van der Waals surface area contributed by atoms with E-state index in [9.17, 15) is 4.79 Å². The molecule has 0 bridgehead atoms. The van der Waals surface area contributed by atoms with E-state index in [1.54, 1.807) is 13.3 Å². The number of nitrogens with zero attached hydrogens (tertiary/aromatic N) is 3. The molecule has 0 radical (unpaired) electrons. The maximum Gasteiger partial charge on any atom is 0.258 e. The summed E-state index contributed by atoms with van der Waals surface area (Å²) >= 11 is 0. The molecule has 130 valence electrons. The van der Waals surface area contributed by atoms with Crippen LogP contribution in [-0.4, -0.2) is 40.6 Å². The van der Waals surface area contributed by atoms with Gasteiger partial charge in [-0.3, -0.25) is 4.79 Å². The van der Waals surface area contributed by atoms with E-state index in [-0.39, 0.29) is 11.9 Å². The molecule has 1 unspecified atom stereocenters. The second-order valence-electron chi connectivity index (χ2n) is 6.45. The molecule has 3 aromatic rings. The molecular weight excluding hydrogens is 318 g/mol. The summed E-state index contributed by atoms with van der Waals surface area (Å²) < 4.78 is 13.2. The molecule has 0 spiro atoms. The zero-order valence-electron chi connectivity index (χ0n) is 14.4. The van der Waals surface area contributed by atoms with Crippen molar-refractivity contribution >= 4 is 16.9 Å². The number of methoxy groups -OCH3 is 1. The Morgan fingerprint density at radius 1 is 1.40 bits per heavy atom.